The Morgan fingerprint density at radius 2 is 2.13 bits per heavy atom. The standard InChI is InChI=1S/C14H15N3O3S3/c1-3-21-13-16-17-14(23-13)22-8(2)12(18)15-9-4-5-10-11(6-9)20-7-19-10/h4-6,8H,3,7H2,1-2H3,(H,15,18). The van der Waals surface area contributed by atoms with Gasteiger partial charge in [0.25, 0.3) is 0 Å². The lowest BCUT2D eigenvalue weighted by atomic mass is 10.2. The van der Waals surface area contributed by atoms with Gasteiger partial charge in [-0.15, -0.1) is 10.2 Å². The molecular weight excluding hydrogens is 354 g/mol. The van der Waals surface area contributed by atoms with E-state index < -0.39 is 0 Å². The summed E-state index contributed by atoms with van der Waals surface area (Å²) in [7, 11) is 0. The van der Waals surface area contributed by atoms with E-state index in [2.05, 4.69) is 22.4 Å². The van der Waals surface area contributed by atoms with Crippen LogP contribution < -0.4 is 14.8 Å². The van der Waals surface area contributed by atoms with Gasteiger partial charge < -0.3 is 14.8 Å². The molecule has 1 aliphatic heterocycles. The van der Waals surface area contributed by atoms with Crippen LogP contribution in [0.25, 0.3) is 0 Å². The molecule has 1 N–H and O–H groups in total. The molecule has 0 saturated carbocycles. The van der Waals surface area contributed by atoms with Crippen LogP contribution in [0.4, 0.5) is 5.69 Å². The maximum absolute atomic E-state index is 12.3. The molecule has 1 aliphatic rings. The largest absolute Gasteiger partial charge is 0.454 e. The number of carbonyl (C=O) groups is 1. The highest BCUT2D eigenvalue weighted by atomic mass is 32.2. The van der Waals surface area contributed by atoms with Crippen molar-refractivity contribution in [2.75, 3.05) is 17.9 Å². The first-order valence-electron chi connectivity index (χ1n) is 6.99. The summed E-state index contributed by atoms with van der Waals surface area (Å²) in [5.41, 5.74) is 0.686. The lowest BCUT2D eigenvalue weighted by molar-refractivity contribution is -0.115. The second-order valence-electron chi connectivity index (χ2n) is 4.58. The summed E-state index contributed by atoms with van der Waals surface area (Å²) >= 11 is 4.57. The molecule has 0 fully saturated rings. The molecule has 1 aromatic carbocycles. The highest BCUT2D eigenvalue weighted by Crippen LogP contribution is 2.35. The summed E-state index contributed by atoms with van der Waals surface area (Å²) in [6, 6.07) is 5.34. The topological polar surface area (TPSA) is 73.3 Å². The molecular formula is C14H15N3O3S3. The van der Waals surface area contributed by atoms with Gasteiger partial charge in [-0.05, 0) is 24.8 Å². The molecule has 1 amide bonds. The normalized spacial score (nSPS) is 13.8. The Hall–Kier alpha value is -1.45. The van der Waals surface area contributed by atoms with Crippen LogP contribution in [0, 0.1) is 0 Å². The van der Waals surface area contributed by atoms with Gasteiger partial charge in [0.1, 0.15) is 0 Å². The monoisotopic (exact) mass is 369 g/mol. The second kappa shape index (κ2) is 7.41. The number of carbonyl (C=O) groups excluding carboxylic acids is 1. The minimum atomic E-state index is -0.271. The van der Waals surface area contributed by atoms with Crippen LogP contribution in [0.2, 0.25) is 0 Å². The number of nitrogens with zero attached hydrogens (tertiary/aromatic N) is 2. The number of rotatable bonds is 6. The number of aromatic nitrogens is 2. The van der Waals surface area contributed by atoms with Gasteiger partial charge in [-0.3, -0.25) is 4.79 Å². The number of hydrogen-bond donors (Lipinski definition) is 1. The molecule has 23 heavy (non-hydrogen) atoms. The van der Waals surface area contributed by atoms with Gasteiger partial charge in [-0.25, -0.2) is 0 Å². The maximum Gasteiger partial charge on any atom is 0.237 e. The maximum atomic E-state index is 12.3. The third-order valence-electron chi connectivity index (χ3n) is 2.94. The van der Waals surface area contributed by atoms with Crippen LogP contribution in [0.5, 0.6) is 11.5 Å². The number of amides is 1. The molecule has 0 aliphatic carbocycles. The van der Waals surface area contributed by atoms with Gasteiger partial charge in [0.05, 0.1) is 5.25 Å². The van der Waals surface area contributed by atoms with E-state index in [1.54, 1.807) is 30.0 Å². The van der Waals surface area contributed by atoms with E-state index in [9.17, 15) is 4.79 Å². The Balaban J connectivity index is 1.58. The van der Waals surface area contributed by atoms with Crippen LogP contribution >= 0.6 is 34.9 Å². The third kappa shape index (κ3) is 4.10. The molecule has 122 valence electrons. The van der Waals surface area contributed by atoms with Crippen molar-refractivity contribution in [2.45, 2.75) is 27.8 Å². The van der Waals surface area contributed by atoms with Crippen LogP contribution in [-0.2, 0) is 4.79 Å². The summed E-state index contributed by atoms with van der Waals surface area (Å²) in [5.74, 6) is 2.21. The van der Waals surface area contributed by atoms with Crippen molar-refractivity contribution in [1.82, 2.24) is 10.2 Å². The van der Waals surface area contributed by atoms with Crippen molar-refractivity contribution in [3.8, 4) is 11.5 Å². The average molecular weight is 369 g/mol. The predicted octanol–water partition coefficient (Wildman–Crippen LogP) is 3.50. The van der Waals surface area contributed by atoms with Gasteiger partial charge in [-0.1, -0.05) is 41.8 Å². The van der Waals surface area contributed by atoms with Crippen LogP contribution in [0.15, 0.2) is 26.9 Å². The third-order valence-corrected chi connectivity index (χ3v) is 6.07. The second-order valence-corrected chi connectivity index (χ2v) is 8.66. The number of nitrogens with one attached hydrogen (secondary N) is 1. The van der Waals surface area contributed by atoms with E-state index >= 15 is 0 Å². The first-order chi connectivity index (χ1) is 11.2. The number of hydrogen-bond acceptors (Lipinski definition) is 8. The zero-order valence-corrected chi connectivity index (χ0v) is 15.0. The minimum Gasteiger partial charge on any atom is -0.454 e. The van der Waals surface area contributed by atoms with Crippen molar-refractivity contribution in [1.29, 1.82) is 0 Å². The summed E-state index contributed by atoms with van der Waals surface area (Å²) < 4.78 is 12.3. The van der Waals surface area contributed by atoms with E-state index in [1.807, 2.05) is 6.92 Å². The summed E-state index contributed by atoms with van der Waals surface area (Å²) in [6.45, 7) is 4.13. The van der Waals surface area contributed by atoms with Crippen molar-refractivity contribution in [2.24, 2.45) is 0 Å². The van der Waals surface area contributed by atoms with E-state index in [4.69, 9.17) is 9.47 Å². The van der Waals surface area contributed by atoms with E-state index in [0.717, 1.165) is 14.4 Å². The highest BCUT2D eigenvalue weighted by molar-refractivity contribution is 8.03. The van der Waals surface area contributed by atoms with Gasteiger partial charge in [-0.2, -0.15) is 0 Å². The van der Waals surface area contributed by atoms with Crippen molar-refractivity contribution in [3.05, 3.63) is 18.2 Å². The van der Waals surface area contributed by atoms with Crippen molar-refractivity contribution in [3.63, 3.8) is 0 Å². The molecule has 0 saturated heterocycles. The Morgan fingerprint density at radius 1 is 1.35 bits per heavy atom. The quantitative estimate of drug-likeness (QED) is 0.781. The van der Waals surface area contributed by atoms with Crippen LogP contribution in [-0.4, -0.2) is 33.9 Å². The summed E-state index contributed by atoms with van der Waals surface area (Å²) in [4.78, 5) is 12.3. The van der Waals surface area contributed by atoms with Gasteiger partial charge in [0.15, 0.2) is 20.2 Å². The SMILES string of the molecule is CCSc1nnc(SC(C)C(=O)Nc2ccc3c(c2)OCO3)s1. The Morgan fingerprint density at radius 3 is 2.96 bits per heavy atom. The minimum absolute atomic E-state index is 0.0891. The number of anilines is 1. The molecule has 6 nitrogen and oxygen atoms in total. The molecule has 1 unspecified atom stereocenters. The molecule has 2 heterocycles. The number of ether oxygens (including phenoxy) is 2. The van der Waals surface area contributed by atoms with E-state index in [1.165, 1.54) is 23.1 Å². The molecule has 9 heteroatoms. The first kappa shape index (κ1) is 16.4. The lowest BCUT2D eigenvalue weighted by Gasteiger charge is -2.10. The molecule has 3 rings (SSSR count). The fraction of sp³-hybridized carbons (Fsp3) is 0.357. The fourth-order valence-corrected chi connectivity index (χ4v) is 4.91. The van der Waals surface area contributed by atoms with Gasteiger partial charge >= 0.3 is 0 Å². The zero-order chi connectivity index (χ0) is 16.2. The fourth-order valence-electron chi connectivity index (χ4n) is 1.85. The summed E-state index contributed by atoms with van der Waals surface area (Å²) in [6.07, 6.45) is 0. The van der Waals surface area contributed by atoms with Gasteiger partial charge in [0.2, 0.25) is 12.7 Å². The Labute approximate surface area is 146 Å². The molecule has 1 aromatic heterocycles. The van der Waals surface area contributed by atoms with E-state index in [-0.39, 0.29) is 18.0 Å². The van der Waals surface area contributed by atoms with Crippen molar-refractivity contribution >= 4 is 46.5 Å². The predicted molar refractivity (Wildman–Crippen MR) is 92.8 cm³/mol. The number of thioether (sulfide) groups is 2. The molecule has 2 aromatic rings. The molecule has 0 bridgehead atoms. The van der Waals surface area contributed by atoms with E-state index in [0.29, 0.717) is 17.2 Å². The smallest absolute Gasteiger partial charge is 0.237 e. The molecule has 1 atom stereocenters. The Bertz CT molecular complexity index is 708. The lowest BCUT2D eigenvalue weighted by Crippen LogP contribution is -2.22. The number of benzene rings is 1. The van der Waals surface area contributed by atoms with Crippen LogP contribution in [0.1, 0.15) is 13.8 Å². The summed E-state index contributed by atoms with van der Waals surface area (Å²) in [5, 5.41) is 10.8. The van der Waals surface area contributed by atoms with Crippen molar-refractivity contribution < 1.29 is 14.3 Å². The average Bonchev–Trinajstić information content (AvgIpc) is 3.16. The highest BCUT2D eigenvalue weighted by Gasteiger charge is 2.19. The zero-order valence-electron chi connectivity index (χ0n) is 12.6. The molecule has 0 radical (unpaired) electrons. The first-order valence-corrected chi connectivity index (χ1v) is 9.67. The van der Waals surface area contributed by atoms with Gasteiger partial charge in [0, 0.05) is 11.8 Å². The van der Waals surface area contributed by atoms with Crippen LogP contribution in [0.3, 0.4) is 0 Å². The Kier molecular flexibility index (Phi) is 5.29. The molecule has 0 spiro atoms. The number of fused-ring (bicyclic) bond motifs is 1.